The van der Waals surface area contributed by atoms with Gasteiger partial charge < -0.3 is 19.3 Å². The van der Waals surface area contributed by atoms with Crippen molar-refractivity contribution in [2.75, 3.05) is 34.4 Å². The SMILES string of the molecule is COc1cccc(CN2C[C@@H]3CCC[C@@](O)(c4cnc(OC)nc4OC)[C@H]3C2)c1. The molecule has 4 rings (SSSR count). The minimum absolute atomic E-state index is 0.118. The lowest BCUT2D eigenvalue weighted by Crippen LogP contribution is -2.43. The van der Waals surface area contributed by atoms with Crippen molar-refractivity contribution < 1.29 is 19.3 Å². The zero-order valence-corrected chi connectivity index (χ0v) is 17.3. The van der Waals surface area contributed by atoms with Gasteiger partial charge in [-0.1, -0.05) is 12.1 Å². The molecule has 2 fully saturated rings. The van der Waals surface area contributed by atoms with E-state index in [1.807, 2.05) is 12.1 Å². The van der Waals surface area contributed by atoms with Gasteiger partial charge in [0.2, 0.25) is 5.88 Å². The van der Waals surface area contributed by atoms with E-state index in [9.17, 15) is 5.11 Å². The molecule has 0 radical (unpaired) electrons. The van der Waals surface area contributed by atoms with E-state index in [0.717, 1.165) is 38.2 Å². The molecule has 1 aliphatic heterocycles. The van der Waals surface area contributed by atoms with E-state index in [2.05, 4.69) is 27.0 Å². The van der Waals surface area contributed by atoms with Crippen molar-refractivity contribution in [3.63, 3.8) is 0 Å². The van der Waals surface area contributed by atoms with Crippen molar-refractivity contribution in [2.24, 2.45) is 11.8 Å². The van der Waals surface area contributed by atoms with E-state index < -0.39 is 5.60 Å². The summed E-state index contributed by atoms with van der Waals surface area (Å²) < 4.78 is 16.0. The van der Waals surface area contributed by atoms with E-state index in [1.54, 1.807) is 20.4 Å². The average molecular weight is 399 g/mol. The van der Waals surface area contributed by atoms with Gasteiger partial charge in [-0.05, 0) is 42.9 Å². The summed E-state index contributed by atoms with van der Waals surface area (Å²) in [4.78, 5) is 11.0. The first kappa shape index (κ1) is 19.9. The van der Waals surface area contributed by atoms with Gasteiger partial charge in [0.05, 0.1) is 26.9 Å². The first-order valence-electron chi connectivity index (χ1n) is 10.1. The number of aliphatic hydroxyl groups is 1. The Labute approximate surface area is 171 Å². The van der Waals surface area contributed by atoms with Gasteiger partial charge in [-0.3, -0.25) is 4.90 Å². The molecule has 3 atom stereocenters. The summed E-state index contributed by atoms with van der Waals surface area (Å²) in [5, 5.41) is 11.8. The van der Waals surface area contributed by atoms with Gasteiger partial charge in [-0.25, -0.2) is 4.98 Å². The highest BCUT2D eigenvalue weighted by Gasteiger charge is 2.51. The quantitative estimate of drug-likeness (QED) is 0.800. The second-order valence-electron chi connectivity index (χ2n) is 8.01. The number of nitrogens with zero attached hydrogens (tertiary/aromatic N) is 3. The molecule has 7 heteroatoms. The van der Waals surface area contributed by atoms with Crippen LogP contribution in [0, 0.1) is 11.8 Å². The van der Waals surface area contributed by atoms with Gasteiger partial charge in [0, 0.05) is 31.7 Å². The Morgan fingerprint density at radius 1 is 1.17 bits per heavy atom. The molecule has 0 bridgehead atoms. The topological polar surface area (TPSA) is 76.9 Å². The highest BCUT2D eigenvalue weighted by Crippen LogP contribution is 2.50. The van der Waals surface area contributed by atoms with E-state index in [-0.39, 0.29) is 11.9 Å². The fraction of sp³-hybridized carbons (Fsp3) is 0.545. The molecular formula is C22H29N3O4. The van der Waals surface area contributed by atoms with Crippen LogP contribution in [0.5, 0.6) is 17.6 Å². The largest absolute Gasteiger partial charge is 0.497 e. The van der Waals surface area contributed by atoms with Crippen molar-refractivity contribution in [3.8, 4) is 17.6 Å². The molecule has 0 amide bonds. The lowest BCUT2D eigenvalue weighted by atomic mass is 9.68. The number of ether oxygens (including phenoxy) is 3. The molecule has 1 aromatic carbocycles. The predicted octanol–water partition coefficient (Wildman–Crippen LogP) is 2.62. The highest BCUT2D eigenvalue weighted by atomic mass is 16.5. The summed E-state index contributed by atoms with van der Waals surface area (Å²) >= 11 is 0. The van der Waals surface area contributed by atoms with E-state index >= 15 is 0 Å². The van der Waals surface area contributed by atoms with Crippen LogP contribution in [0.2, 0.25) is 0 Å². The second-order valence-corrected chi connectivity index (χ2v) is 8.01. The normalized spacial score (nSPS) is 26.8. The van der Waals surface area contributed by atoms with Crippen LogP contribution in [0.15, 0.2) is 30.5 Å². The molecule has 2 heterocycles. The minimum atomic E-state index is -0.996. The minimum Gasteiger partial charge on any atom is -0.497 e. The van der Waals surface area contributed by atoms with Crippen LogP contribution in [0.25, 0.3) is 0 Å². The van der Waals surface area contributed by atoms with Crippen LogP contribution >= 0.6 is 0 Å². The standard InChI is InChI=1S/C22H29N3O4/c1-27-17-8-4-6-15(10-17)12-25-13-16-7-5-9-22(26,19(16)14-25)18-11-23-21(29-3)24-20(18)28-2/h4,6,8,10-11,16,19,26H,5,7,9,12-14H2,1-3H3/t16-,19-,22+/m0/s1. The maximum atomic E-state index is 11.8. The molecule has 0 spiro atoms. The number of rotatable bonds is 6. The molecule has 1 aromatic heterocycles. The molecular weight excluding hydrogens is 370 g/mol. The van der Waals surface area contributed by atoms with Crippen molar-refractivity contribution in [1.29, 1.82) is 0 Å². The van der Waals surface area contributed by atoms with E-state index in [0.29, 0.717) is 23.8 Å². The molecule has 7 nitrogen and oxygen atoms in total. The van der Waals surface area contributed by atoms with Gasteiger partial charge in [-0.15, -0.1) is 0 Å². The molecule has 156 valence electrons. The summed E-state index contributed by atoms with van der Waals surface area (Å²) in [5.74, 6) is 1.82. The Morgan fingerprint density at radius 3 is 2.79 bits per heavy atom. The Morgan fingerprint density at radius 2 is 2.03 bits per heavy atom. The van der Waals surface area contributed by atoms with E-state index in [1.165, 1.54) is 12.7 Å². The smallest absolute Gasteiger partial charge is 0.319 e. The van der Waals surface area contributed by atoms with Crippen LogP contribution in [-0.2, 0) is 12.1 Å². The molecule has 2 aromatic rings. The Kier molecular flexibility index (Phi) is 5.61. The maximum Gasteiger partial charge on any atom is 0.319 e. The summed E-state index contributed by atoms with van der Waals surface area (Å²) in [6.07, 6.45) is 4.45. The van der Waals surface area contributed by atoms with Gasteiger partial charge in [0.1, 0.15) is 11.4 Å². The van der Waals surface area contributed by atoms with Gasteiger partial charge in [0.25, 0.3) is 0 Å². The number of fused-ring (bicyclic) bond motifs is 1. The van der Waals surface area contributed by atoms with Crippen LogP contribution in [0.3, 0.4) is 0 Å². The van der Waals surface area contributed by atoms with Crippen LogP contribution < -0.4 is 14.2 Å². The number of benzene rings is 1. The molecule has 1 N–H and O–H groups in total. The van der Waals surface area contributed by atoms with Gasteiger partial charge >= 0.3 is 6.01 Å². The lowest BCUT2D eigenvalue weighted by molar-refractivity contribution is -0.0669. The number of likely N-dealkylation sites (tertiary alicyclic amines) is 1. The molecule has 1 saturated carbocycles. The third kappa shape index (κ3) is 3.76. The van der Waals surface area contributed by atoms with Gasteiger partial charge in [0.15, 0.2) is 0 Å². The number of hydrogen-bond acceptors (Lipinski definition) is 7. The van der Waals surface area contributed by atoms with E-state index in [4.69, 9.17) is 14.2 Å². The first-order chi connectivity index (χ1) is 14.1. The Bertz CT molecular complexity index is 862. The van der Waals surface area contributed by atoms with Crippen LogP contribution in [0.4, 0.5) is 0 Å². The van der Waals surface area contributed by atoms with Crippen molar-refractivity contribution in [1.82, 2.24) is 14.9 Å². The Hall–Kier alpha value is -2.38. The average Bonchev–Trinajstić information content (AvgIpc) is 3.17. The van der Waals surface area contributed by atoms with Crippen LogP contribution in [-0.4, -0.2) is 54.4 Å². The number of aromatic nitrogens is 2. The Balaban J connectivity index is 1.58. The summed E-state index contributed by atoms with van der Waals surface area (Å²) in [7, 11) is 4.78. The summed E-state index contributed by atoms with van der Waals surface area (Å²) in [5.41, 5.74) is 0.888. The zero-order valence-electron chi connectivity index (χ0n) is 17.3. The molecule has 0 unspecified atom stereocenters. The van der Waals surface area contributed by atoms with Crippen molar-refractivity contribution >= 4 is 0 Å². The summed E-state index contributed by atoms with van der Waals surface area (Å²) in [6, 6.07) is 8.42. The fourth-order valence-corrected chi connectivity index (χ4v) is 5.01. The van der Waals surface area contributed by atoms with Crippen molar-refractivity contribution in [3.05, 3.63) is 41.6 Å². The fourth-order valence-electron chi connectivity index (χ4n) is 5.01. The molecule has 1 aliphatic carbocycles. The second kappa shape index (κ2) is 8.16. The molecule has 29 heavy (non-hydrogen) atoms. The first-order valence-corrected chi connectivity index (χ1v) is 10.1. The monoisotopic (exact) mass is 399 g/mol. The third-order valence-electron chi connectivity index (χ3n) is 6.38. The van der Waals surface area contributed by atoms with Crippen molar-refractivity contribution in [2.45, 2.75) is 31.4 Å². The number of hydrogen-bond donors (Lipinski definition) is 1. The third-order valence-corrected chi connectivity index (χ3v) is 6.38. The van der Waals surface area contributed by atoms with Gasteiger partial charge in [-0.2, -0.15) is 4.98 Å². The number of methoxy groups -OCH3 is 3. The molecule has 1 saturated heterocycles. The highest BCUT2D eigenvalue weighted by molar-refractivity contribution is 5.34. The zero-order chi connectivity index (χ0) is 20.4. The summed E-state index contributed by atoms with van der Waals surface area (Å²) in [6.45, 7) is 2.65. The molecule has 2 aliphatic rings. The maximum absolute atomic E-state index is 11.8. The lowest BCUT2D eigenvalue weighted by Gasteiger charge is -2.41. The van der Waals surface area contributed by atoms with Crippen LogP contribution in [0.1, 0.15) is 30.4 Å². The predicted molar refractivity (Wildman–Crippen MR) is 108 cm³/mol.